The van der Waals surface area contributed by atoms with Gasteiger partial charge in [0.2, 0.25) is 11.3 Å². The first-order valence-electron chi connectivity index (χ1n) is 10.6. The molecular weight excluding hydrogens is 420 g/mol. The molecule has 31 heavy (non-hydrogen) atoms. The number of benzene rings is 1. The molecule has 1 saturated heterocycles. The van der Waals surface area contributed by atoms with E-state index in [4.69, 9.17) is 14.0 Å². The van der Waals surface area contributed by atoms with Crippen molar-refractivity contribution in [3.63, 3.8) is 0 Å². The molecule has 9 heteroatoms. The number of hydrogen-bond donors (Lipinski definition) is 2. The Hall–Kier alpha value is -1.97. The summed E-state index contributed by atoms with van der Waals surface area (Å²) in [6, 6.07) is 7.30. The molecule has 2 rings (SSSR count). The van der Waals surface area contributed by atoms with Gasteiger partial charge in [0.1, 0.15) is 5.60 Å². The molecule has 0 aromatic heterocycles. The number of amides is 1. The maximum Gasteiger partial charge on any atom is 0.410 e. The standard InChI is InChI=1S/C22H34N2O6S/c1-6-29-19(25)22(10-12-24(13-11-22)20(26)30-21(3,4)5)15-17-8-7-9-18(14-17)16(2)23-31(27)28/h7-9,14,16,23H,6,10-13,15H2,1-5H3,(H,27,28). The number of rotatable bonds is 7. The van der Waals surface area contributed by atoms with Crippen LogP contribution < -0.4 is 4.72 Å². The Morgan fingerprint density at radius 3 is 2.48 bits per heavy atom. The minimum absolute atomic E-state index is 0.258. The Kier molecular flexibility index (Phi) is 8.62. The molecule has 1 aliphatic rings. The number of nitrogens with one attached hydrogen (secondary N) is 1. The lowest BCUT2D eigenvalue weighted by Crippen LogP contribution is -2.49. The molecule has 0 aliphatic carbocycles. The molecule has 8 nitrogen and oxygen atoms in total. The maximum atomic E-state index is 13.0. The van der Waals surface area contributed by atoms with Crippen molar-refractivity contribution < 1.29 is 27.8 Å². The van der Waals surface area contributed by atoms with Crippen molar-refractivity contribution in [2.45, 2.75) is 65.5 Å². The van der Waals surface area contributed by atoms with Gasteiger partial charge in [0.05, 0.1) is 12.0 Å². The summed E-state index contributed by atoms with van der Waals surface area (Å²) in [7, 11) is 0. The van der Waals surface area contributed by atoms with Gasteiger partial charge < -0.3 is 14.4 Å². The van der Waals surface area contributed by atoms with Crippen LogP contribution in [0.5, 0.6) is 0 Å². The number of ether oxygens (including phenoxy) is 2. The molecule has 0 spiro atoms. The van der Waals surface area contributed by atoms with Crippen molar-refractivity contribution in [2.24, 2.45) is 5.41 Å². The van der Waals surface area contributed by atoms with E-state index in [1.807, 2.05) is 45.0 Å². The van der Waals surface area contributed by atoms with Crippen LogP contribution in [0.15, 0.2) is 24.3 Å². The van der Waals surface area contributed by atoms with Gasteiger partial charge in [0, 0.05) is 19.1 Å². The molecule has 1 heterocycles. The number of nitrogens with zero attached hydrogens (tertiary/aromatic N) is 1. The van der Waals surface area contributed by atoms with Gasteiger partial charge in [-0.1, -0.05) is 24.3 Å². The minimum Gasteiger partial charge on any atom is -0.466 e. The summed E-state index contributed by atoms with van der Waals surface area (Å²) in [5, 5.41) is 0. The van der Waals surface area contributed by atoms with Crippen LogP contribution in [0, 0.1) is 5.41 Å². The summed E-state index contributed by atoms with van der Waals surface area (Å²) >= 11 is -2.12. The lowest BCUT2D eigenvalue weighted by molar-refractivity contribution is -0.158. The van der Waals surface area contributed by atoms with Crippen molar-refractivity contribution in [1.82, 2.24) is 9.62 Å². The van der Waals surface area contributed by atoms with E-state index in [1.165, 1.54) is 0 Å². The first-order valence-corrected chi connectivity index (χ1v) is 11.7. The topological polar surface area (TPSA) is 105 Å². The molecule has 1 amide bonds. The van der Waals surface area contributed by atoms with Crippen LogP contribution in [0.1, 0.15) is 64.6 Å². The molecule has 1 aromatic rings. The summed E-state index contributed by atoms with van der Waals surface area (Å²) in [5.74, 6) is -0.258. The SMILES string of the molecule is CCOC(=O)C1(Cc2cccc(C(C)NS(=O)O)c2)CCN(C(=O)OC(C)(C)C)CC1. The Morgan fingerprint density at radius 1 is 1.29 bits per heavy atom. The van der Waals surface area contributed by atoms with E-state index in [0.29, 0.717) is 39.0 Å². The fraction of sp³-hybridized carbons (Fsp3) is 0.636. The second-order valence-electron chi connectivity index (χ2n) is 8.98. The number of likely N-dealkylation sites (tertiary alicyclic amines) is 1. The van der Waals surface area contributed by atoms with Gasteiger partial charge in [-0.3, -0.25) is 9.35 Å². The molecule has 1 fully saturated rings. The van der Waals surface area contributed by atoms with Crippen molar-refractivity contribution in [3.8, 4) is 0 Å². The minimum atomic E-state index is -2.12. The van der Waals surface area contributed by atoms with Crippen LogP contribution >= 0.6 is 0 Å². The Bertz CT molecular complexity index is 799. The summed E-state index contributed by atoms with van der Waals surface area (Å²) in [6.07, 6.45) is 1.05. The Labute approximate surface area is 187 Å². The van der Waals surface area contributed by atoms with E-state index in [2.05, 4.69) is 4.72 Å². The molecule has 0 bridgehead atoms. The van der Waals surface area contributed by atoms with Crippen LogP contribution in [0.2, 0.25) is 0 Å². The zero-order chi connectivity index (χ0) is 23.2. The van der Waals surface area contributed by atoms with Gasteiger partial charge in [-0.2, -0.15) is 0 Å². The van der Waals surface area contributed by atoms with Gasteiger partial charge in [-0.25, -0.2) is 13.7 Å². The smallest absolute Gasteiger partial charge is 0.410 e. The molecule has 2 atom stereocenters. The second kappa shape index (κ2) is 10.6. The fourth-order valence-electron chi connectivity index (χ4n) is 3.76. The number of carbonyl (C=O) groups is 2. The summed E-state index contributed by atoms with van der Waals surface area (Å²) in [6.45, 7) is 10.2. The van der Waals surface area contributed by atoms with Gasteiger partial charge >= 0.3 is 12.1 Å². The van der Waals surface area contributed by atoms with Crippen LogP contribution in [-0.2, 0) is 32.0 Å². The zero-order valence-electron chi connectivity index (χ0n) is 19.0. The van der Waals surface area contributed by atoms with Crippen LogP contribution in [-0.4, -0.2) is 51.0 Å². The fourth-order valence-corrected chi connectivity index (χ4v) is 4.20. The second-order valence-corrected chi connectivity index (χ2v) is 9.71. The quantitative estimate of drug-likeness (QED) is 0.482. The number of carbonyl (C=O) groups excluding carboxylic acids is 2. The normalized spacial score (nSPS) is 18.2. The Balaban J connectivity index is 2.18. The predicted molar refractivity (Wildman–Crippen MR) is 119 cm³/mol. The summed E-state index contributed by atoms with van der Waals surface area (Å²) < 4.78 is 33.6. The highest BCUT2D eigenvalue weighted by atomic mass is 32.2. The monoisotopic (exact) mass is 454 g/mol. The van der Waals surface area contributed by atoms with Gasteiger partial charge in [-0.15, -0.1) is 0 Å². The van der Waals surface area contributed by atoms with Crippen molar-refractivity contribution in [3.05, 3.63) is 35.4 Å². The van der Waals surface area contributed by atoms with Crippen molar-refractivity contribution in [2.75, 3.05) is 19.7 Å². The average molecular weight is 455 g/mol. The van der Waals surface area contributed by atoms with Crippen LogP contribution in [0.25, 0.3) is 0 Å². The molecule has 1 aromatic carbocycles. The third-order valence-electron chi connectivity index (χ3n) is 5.35. The Morgan fingerprint density at radius 2 is 1.94 bits per heavy atom. The molecule has 0 radical (unpaired) electrons. The predicted octanol–water partition coefficient (Wildman–Crippen LogP) is 3.60. The number of esters is 1. The first-order chi connectivity index (χ1) is 14.5. The number of hydrogen-bond acceptors (Lipinski definition) is 5. The largest absolute Gasteiger partial charge is 0.466 e. The maximum absolute atomic E-state index is 13.0. The molecular formula is C22H34N2O6S. The summed E-state index contributed by atoms with van der Waals surface area (Å²) in [5.41, 5.74) is 0.485. The highest BCUT2D eigenvalue weighted by Crippen LogP contribution is 2.37. The molecule has 174 valence electrons. The average Bonchev–Trinajstić information content (AvgIpc) is 2.67. The van der Waals surface area contributed by atoms with E-state index >= 15 is 0 Å². The molecule has 0 saturated carbocycles. The zero-order valence-corrected chi connectivity index (χ0v) is 19.8. The molecule has 2 N–H and O–H groups in total. The van der Waals surface area contributed by atoms with Crippen LogP contribution in [0.4, 0.5) is 4.79 Å². The van der Waals surface area contributed by atoms with Gasteiger partial charge in [0.25, 0.3) is 0 Å². The van der Waals surface area contributed by atoms with Crippen LogP contribution in [0.3, 0.4) is 0 Å². The van der Waals surface area contributed by atoms with E-state index in [-0.39, 0.29) is 18.1 Å². The third-order valence-corrected chi connectivity index (χ3v) is 5.91. The molecule has 2 unspecified atom stereocenters. The lowest BCUT2D eigenvalue weighted by Gasteiger charge is -2.40. The highest BCUT2D eigenvalue weighted by molar-refractivity contribution is 7.77. The van der Waals surface area contributed by atoms with Crippen molar-refractivity contribution in [1.29, 1.82) is 0 Å². The molecule has 1 aliphatic heterocycles. The summed E-state index contributed by atoms with van der Waals surface area (Å²) in [4.78, 5) is 27.0. The van der Waals surface area contributed by atoms with Crippen molar-refractivity contribution >= 4 is 23.3 Å². The van der Waals surface area contributed by atoms with Gasteiger partial charge in [0.15, 0.2) is 0 Å². The van der Waals surface area contributed by atoms with E-state index < -0.39 is 22.3 Å². The lowest BCUT2D eigenvalue weighted by atomic mass is 9.73. The number of piperidine rings is 1. The van der Waals surface area contributed by atoms with E-state index in [1.54, 1.807) is 18.7 Å². The van der Waals surface area contributed by atoms with E-state index in [0.717, 1.165) is 11.1 Å². The first kappa shape index (κ1) is 25.3. The highest BCUT2D eigenvalue weighted by Gasteiger charge is 2.44. The van der Waals surface area contributed by atoms with E-state index in [9.17, 15) is 13.8 Å². The third kappa shape index (κ3) is 7.29. The van der Waals surface area contributed by atoms with Gasteiger partial charge in [-0.05, 0) is 65.0 Å².